The number of hydrogen-bond acceptors (Lipinski definition) is 4. The average Bonchev–Trinajstić information content (AvgIpc) is 2.95. The van der Waals surface area contributed by atoms with Crippen molar-refractivity contribution >= 4 is 9.84 Å². The quantitative estimate of drug-likeness (QED) is 0.380. The predicted molar refractivity (Wildman–Crippen MR) is 168 cm³/mol. The Balaban J connectivity index is 0.00000102. The van der Waals surface area contributed by atoms with Crippen molar-refractivity contribution in [3.05, 3.63) is 30.3 Å². The van der Waals surface area contributed by atoms with Gasteiger partial charge in [-0.15, -0.1) is 0 Å². The van der Waals surface area contributed by atoms with E-state index in [0.29, 0.717) is 27.6 Å². The van der Waals surface area contributed by atoms with Crippen LogP contribution < -0.4 is 6.15 Å². The molecule has 4 nitrogen and oxygen atoms in total. The number of aliphatic hydroxyl groups is 1. The monoisotopic (exact) mass is 565 g/mol. The molecule has 4 fully saturated rings. The lowest BCUT2D eigenvalue weighted by Gasteiger charge is -2.64. The van der Waals surface area contributed by atoms with Crippen molar-refractivity contribution in [1.29, 1.82) is 0 Å². The Kier molecular flexibility index (Phi) is 14.7. The molecule has 8 atom stereocenters. The second-order valence-corrected chi connectivity index (χ2v) is 14.3. The van der Waals surface area contributed by atoms with Gasteiger partial charge in [0.15, 0.2) is 9.84 Å². The summed E-state index contributed by atoms with van der Waals surface area (Å²) in [4.78, 5) is 0.479. The molecule has 8 unspecified atom stereocenters. The first-order chi connectivity index (χ1) is 18.2. The summed E-state index contributed by atoms with van der Waals surface area (Å²) < 4.78 is 25.9. The zero-order chi connectivity index (χ0) is 28.6. The van der Waals surface area contributed by atoms with Crippen LogP contribution in [0.5, 0.6) is 0 Å². The minimum absolute atomic E-state index is 0. The molecule has 0 aliphatic heterocycles. The second-order valence-electron chi connectivity index (χ2n) is 12.2. The van der Waals surface area contributed by atoms with Crippen LogP contribution in [0.2, 0.25) is 0 Å². The van der Waals surface area contributed by atoms with Crippen LogP contribution in [0.3, 0.4) is 0 Å². The largest absolute Gasteiger partial charge is 0.393 e. The molecule has 0 aromatic heterocycles. The highest BCUT2D eigenvalue weighted by molar-refractivity contribution is 7.91. The Morgan fingerprint density at radius 2 is 1.38 bits per heavy atom. The summed E-state index contributed by atoms with van der Waals surface area (Å²) >= 11 is 0. The molecule has 1 aromatic carbocycles. The molecule has 4 aliphatic carbocycles. The lowest BCUT2D eigenvalue weighted by atomic mass is 9.41. The van der Waals surface area contributed by atoms with E-state index in [1.54, 1.807) is 12.1 Å². The van der Waals surface area contributed by atoms with Gasteiger partial charge in [-0.2, -0.15) is 0 Å². The molecule has 4 N–H and O–H groups in total. The molecule has 0 heterocycles. The summed E-state index contributed by atoms with van der Waals surface area (Å²) in [6.07, 6.45) is 12.9. The number of aliphatic hydroxyl groups excluding tert-OH is 1. The highest BCUT2D eigenvalue weighted by atomic mass is 32.2. The van der Waals surface area contributed by atoms with E-state index in [2.05, 4.69) is 13.8 Å². The fourth-order valence-electron chi connectivity index (χ4n) is 9.06. The topological polar surface area (TPSA) is 89.4 Å². The van der Waals surface area contributed by atoms with Gasteiger partial charge in [-0.25, -0.2) is 8.42 Å². The van der Waals surface area contributed by atoms with Crippen LogP contribution in [0.15, 0.2) is 35.2 Å². The molecule has 4 aliphatic rings. The average molecular weight is 566 g/mol. The Labute approximate surface area is 242 Å². The number of fused-ring (bicyclic) bond motifs is 5. The minimum atomic E-state index is -3.20. The first-order valence-corrected chi connectivity index (χ1v) is 17.8. The standard InChI is InChI=1S/C28H42O3S.3C2H6.H3N/c1-27-17-14-26-24(12-11-21-19-22(29)13-16-28(21,26)2)25(27)10-6-7-20(27)15-18-32(30,31)23-8-4-3-5-9-23;3*1-2;/h3-5,8-9,20-22,24-26,29H,6-7,10-19H2,1-2H3;3*1-2H3;1H3. The summed E-state index contributed by atoms with van der Waals surface area (Å²) in [5.41, 5.74) is 0.704. The third-order valence-corrected chi connectivity index (χ3v) is 12.7. The molecule has 39 heavy (non-hydrogen) atoms. The van der Waals surface area contributed by atoms with Gasteiger partial charge in [-0.1, -0.05) is 80.0 Å². The third kappa shape index (κ3) is 7.49. The molecule has 4 saturated carbocycles. The predicted octanol–water partition coefficient (Wildman–Crippen LogP) is 9.50. The molecule has 0 radical (unpaired) electrons. The minimum Gasteiger partial charge on any atom is -0.393 e. The molecular weight excluding hydrogens is 502 g/mol. The van der Waals surface area contributed by atoms with Crippen molar-refractivity contribution in [2.24, 2.45) is 40.4 Å². The highest BCUT2D eigenvalue weighted by Gasteiger charge is 2.58. The summed E-state index contributed by atoms with van der Waals surface area (Å²) in [6.45, 7) is 17.1. The fourth-order valence-corrected chi connectivity index (χ4v) is 10.5. The lowest BCUT2D eigenvalue weighted by Crippen LogP contribution is -2.56. The number of benzene rings is 1. The Hall–Kier alpha value is -0.910. The normalized spacial score (nSPS) is 36.7. The molecule has 0 bridgehead atoms. The van der Waals surface area contributed by atoms with E-state index in [0.717, 1.165) is 37.0 Å². The zero-order valence-corrected chi connectivity index (χ0v) is 27.5. The van der Waals surface area contributed by atoms with Crippen molar-refractivity contribution in [3.8, 4) is 0 Å². The van der Waals surface area contributed by atoms with Crippen LogP contribution in [-0.4, -0.2) is 25.4 Å². The first kappa shape index (κ1) is 36.1. The van der Waals surface area contributed by atoms with E-state index >= 15 is 0 Å². The van der Waals surface area contributed by atoms with Crippen LogP contribution in [0.1, 0.15) is 126 Å². The maximum Gasteiger partial charge on any atom is 0.178 e. The fraction of sp³-hybridized carbons (Fsp3) is 0.824. The van der Waals surface area contributed by atoms with Gasteiger partial charge >= 0.3 is 0 Å². The zero-order valence-electron chi connectivity index (χ0n) is 26.7. The van der Waals surface area contributed by atoms with E-state index in [1.807, 2.05) is 59.7 Å². The van der Waals surface area contributed by atoms with E-state index in [1.165, 1.54) is 51.4 Å². The van der Waals surface area contributed by atoms with Gasteiger partial charge in [-0.05, 0) is 117 Å². The maximum atomic E-state index is 13.0. The molecule has 5 heteroatoms. The third-order valence-electron chi connectivity index (χ3n) is 10.9. The molecular formula is C34H63NO3S. The number of sulfone groups is 1. The summed E-state index contributed by atoms with van der Waals surface area (Å²) in [6, 6.07) is 9.02. The van der Waals surface area contributed by atoms with Crippen LogP contribution in [0.25, 0.3) is 0 Å². The van der Waals surface area contributed by atoms with E-state index in [9.17, 15) is 13.5 Å². The van der Waals surface area contributed by atoms with Crippen LogP contribution in [0.4, 0.5) is 0 Å². The highest BCUT2D eigenvalue weighted by Crippen LogP contribution is 2.66. The Morgan fingerprint density at radius 1 is 0.795 bits per heavy atom. The van der Waals surface area contributed by atoms with Gasteiger partial charge in [0, 0.05) is 0 Å². The van der Waals surface area contributed by atoms with Crippen molar-refractivity contribution in [3.63, 3.8) is 0 Å². The van der Waals surface area contributed by atoms with E-state index in [4.69, 9.17) is 0 Å². The van der Waals surface area contributed by atoms with Crippen LogP contribution >= 0.6 is 0 Å². The van der Waals surface area contributed by atoms with Crippen molar-refractivity contribution < 1.29 is 13.5 Å². The van der Waals surface area contributed by atoms with Gasteiger partial charge in [0.25, 0.3) is 0 Å². The smallest absolute Gasteiger partial charge is 0.178 e. The number of rotatable bonds is 4. The molecule has 1 aromatic rings. The Morgan fingerprint density at radius 3 is 2.03 bits per heavy atom. The van der Waals surface area contributed by atoms with Gasteiger partial charge in [-0.3, -0.25) is 0 Å². The molecule has 5 rings (SSSR count). The van der Waals surface area contributed by atoms with Crippen molar-refractivity contribution in [1.82, 2.24) is 6.15 Å². The van der Waals surface area contributed by atoms with E-state index < -0.39 is 9.84 Å². The number of hydrogen-bond donors (Lipinski definition) is 2. The Bertz CT molecular complexity index is 920. The SMILES string of the molecule is CC.CC.CC.CC12CCC3C(CCC4CC(O)CCC43C)C1CCCC2CCS(=O)(=O)c1ccccc1.N. The molecule has 0 saturated heterocycles. The van der Waals surface area contributed by atoms with Crippen LogP contribution in [0, 0.1) is 40.4 Å². The summed E-state index contributed by atoms with van der Waals surface area (Å²) in [5, 5.41) is 10.3. The van der Waals surface area contributed by atoms with Gasteiger partial charge in [0.1, 0.15) is 0 Å². The van der Waals surface area contributed by atoms with Gasteiger partial charge in [0.2, 0.25) is 0 Å². The molecule has 228 valence electrons. The summed E-state index contributed by atoms with van der Waals surface area (Å²) in [5.74, 6) is 3.88. The maximum absolute atomic E-state index is 13.0. The van der Waals surface area contributed by atoms with Gasteiger partial charge in [0.05, 0.1) is 16.8 Å². The second kappa shape index (κ2) is 15.9. The van der Waals surface area contributed by atoms with Crippen molar-refractivity contribution in [2.45, 2.75) is 137 Å². The van der Waals surface area contributed by atoms with Crippen LogP contribution in [-0.2, 0) is 9.84 Å². The van der Waals surface area contributed by atoms with Gasteiger partial charge < -0.3 is 11.3 Å². The summed E-state index contributed by atoms with van der Waals surface area (Å²) in [7, 11) is -3.20. The van der Waals surface area contributed by atoms with Crippen molar-refractivity contribution in [2.75, 3.05) is 5.75 Å². The van der Waals surface area contributed by atoms with E-state index in [-0.39, 0.29) is 18.0 Å². The molecule has 0 amide bonds. The first-order valence-electron chi connectivity index (χ1n) is 16.2. The lowest BCUT2D eigenvalue weighted by molar-refractivity contribution is -0.151. The molecule has 0 spiro atoms.